The minimum absolute atomic E-state index is 0.00791. The Kier molecular flexibility index (Phi) is 3.46. The molecule has 0 saturated heterocycles. The SMILES string of the molecule is CC(=O)c1cc(C)ccc1OCc1nccn1C. The van der Waals surface area contributed by atoms with E-state index in [0.29, 0.717) is 17.9 Å². The Morgan fingerprint density at radius 3 is 2.83 bits per heavy atom. The minimum Gasteiger partial charge on any atom is -0.485 e. The third-order valence-electron chi connectivity index (χ3n) is 2.79. The van der Waals surface area contributed by atoms with Crippen LogP contribution in [-0.2, 0) is 13.7 Å². The van der Waals surface area contributed by atoms with Crippen LogP contribution in [0.5, 0.6) is 5.75 Å². The van der Waals surface area contributed by atoms with E-state index >= 15 is 0 Å². The Morgan fingerprint density at radius 1 is 1.44 bits per heavy atom. The number of Topliss-reactive ketones (excluding diaryl/α,β-unsaturated/α-hetero) is 1. The third-order valence-corrected chi connectivity index (χ3v) is 2.79. The number of aryl methyl sites for hydroxylation is 2. The normalized spacial score (nSPS) is 10.4. The predicted octanol–water partition coefficient (Wildman–Crippen LogP) is 2.51. The van der Waals surface area contributed by atoms with E-state index in [9.17, 15) is 4.79 Å². The Labute approximate surface area is 106 Å². The Morgan fingerprint density at radius 2 is 2.22 bits per heavy atom. The number of hydrogen-bond acceptors (Lipinski definition) is 3. The quantitative estimate of drug-likeness (QED) is 0.776. The van der Waals surface area contributed by atoms with Crippen molar-refractivity contribution in [2.45, 2.75) is 20.5 Å². The number of aromatic nitrogens is 2. The molecule has 1 aromatic carbocycles. The number of carbonyl (C=O) groups excluding carboxylic acids is 1. The molecule has 4 heteroatoms. The number of ether oxygens (including phenoxy) is 1. The standard InChI is InChI=1S/C14H16N2O2/c1-10-4-5-13(12(8-10)11(2)17)18-9-14-15-6-7-16(14)3/h4-8H,9H2,1-3H3. The molecule has 0 aliphatic carbocycles. The molecule has 0 amide bonds. The van der Waals surface area contributed by atoms with Crippen LogP contribution in [0.4, 0.5) is 0 Å². The van der Waals surface area contributed by atoms with Crippen molar-refractivity contribution >= 4 is 5.78 Å². The van der Waals surface area contributed by atoms with E-state index in [1.807, 2.05) is 42.9 Å². The number of benzene rings is 1. The molecule has 2 rings (SSSR count). The molecule has 1 heterocycles. The van der Waals surface area contributed by atoms with E-state index in [4.69, 9.17) is 4.74 Å². The molecular weight excluding hydrogens is 228 g/mol. The zero-order valence-corrected chi connectivity index (χ0v) is 10.8. The van der Waals surface area contributed by atoms with Gasteiger partial charge in [-0.2, -0.15) is 0 Å². The van der Waals surface area contributed by atoms with Gasteiger partial charge in [-0.25, -0.2) is 4.98 Å². The molecule has 0 spiro atoms. The predicted molar refractivity (Wildman–Crippen MR) is 68.7 cm³/mol. The van der Waals surface area contributed by atoms with Crippen molar-refractivity contribution in [3.8, 4) is 5.75 Å². The van der Waals surface area contributed by atoms with Crippen LogP contribution in [-0.4, -0.2) is 15.3 Å². The average Bonchev–Trinajstić information content (AvgIpc) is 2.73. The topological polar surface area (TPSA) is 44.1 Å². The van der Waals surface area contributed by atoms with Gasteiger partial charge in [0.25, 0.3) is 0 Å². The summed E-state index contributed by atoms with van der Waals surface area (Å²) in [6, 6.07) is 5.60. The lowest BCUT2D eigenvalue weighted by Gasteiger charge is -2.10. The molecule has 4 nitrogen and oxygen atoms in total. The van der Waals surface area contributed by atoms with E-state index in [2.05, 4.69) is 4.98 Å². The summed E-state index contributed by atoms with van der Waals surface area (Å²) >= 11 is 0. The van der Waals surface area contributed by atoms with Crippen LogP contribution in [0.25, 0.3) is 0 Å². The summed E-state index contributed by atoms with van der Waals surface area (Å²) in [5, 5.41) is 0. The summed E-state index contributed by atoms with van der Waals surface area (Å²) in [7, 11) is 1.91. The first-order valence-electron chi connectivity index (χ1n) is 5.78. The number of hydrogen-bond donors (Lipinski definition) is 0. The van der Waals surface area contributed by atoms with Crippen molar-refractivity contribution in [2.75, 3.05) is 0 Å². The summed E-state index contributed by atoms with van der Waals surface area (Å²) in [5.41, 5.74) is 1.66. The summed E-state index contributed by atoms with van der Waals surface area (Å²) in [6.45, 7) is 3.85. The first kappa shape index (κ1) is 12.4. The summed E-state index contributed by atoms with van der Waals surface area (Å²) in [4.78, 5) is 15.7. The fourth-order valence-electron chi connectivity index (χ4n) is 1.72. The van der Waals surface area contributed by atoms with Crippen LogP contribution < -0.4 is 4.74 Å². The molecule has 0 saturated carbocycles. The van der Waals surface area contributed by atoms with Gasteiger partial charge in [0.15, 0.2) is 5.78 Å². The highest BCUT2D eigenvalue weighted by Crippen LogP contribution is 2.21. The molecule has 0 aliphatic heterocycles. The van der Waals surface area contributed by atoms with Crippen molar-refractivity contribution in [1.82, 2.24) is 9.55 Å². The van der Waals surface area contributed by atoms with Gasteiger partial charge in [0.2, 0.25) is 0 Å². The van der Waals surface area contributed by atoms with Crippen molar-refractivity contribution in [3.05, 3.63) is 47.5 Å². The van der Waals surface area contributed by atoms with E-state index < -0.39 is 0 Å². The van der Waals surface area contributed by atoms with Gasteiger partial charge < -0.3 is 9.30 Å². The molecule has 0 fully saturated rings. The molecule has 0 unspecified atom stereocenters. The maximum atomic E-state index is 11.5. The lowest BCUT2D eigenvalue weighted by Crippen LogP contribution is -2.06. The third kappa shape index (κ3) is 2.59. The molecule has 1 aromatic heterocycles. The van der Waals surface area contributed by atoms with Gasteiger partial charge in [-0.15, -0.1) is 0 Å². The number of ketones is 1. The average molecular weight is 244 g/mol. The van der Waals surface area contributed by atoms with Crippen LogP contribution in [0, 0.1) is 6.92 Å². The van der Waals surface area contributed by atoms with Gasteiger partial charge in [-0.05, 0) is 26.0 Å². The second-order valence-electron chi connectivity index (χ2n) is 4.30. The van der Waals surface area contributed by atoms with Gasteiger partial charge in [0.1, 0.15) is 18.2 Å². The lowest BCUT2D eigenvalue weighted by molar-refractivity contribution is 0.101. The maximum absolute atomic E-state index is 11.5. The number of imidazole rings is 1. The number of nitrogens with zero attached hydrogens (tertiary/aromatic N) is 2. The second kappa shape index (κ2) is 5.04. The first-order valence-corrected chi connectivity index (χ1v) is 5.78. The summed E-state index contributed by atoms with van der Waals surface area (Å²) in [5.74, 6) is 1.44. The van der Waals surface area contributed by atoms with Gasteiger partial charge in [-0.3, -0.25) is 4.79 Å². The number of rotatable bonds is 4. The van der Waals surface area contributed by atoms with Crippen LogP contribution in [0.3, 0.4) is 0 Å². The van der Waals surface area contributed by atoms with Crippen molar-refractivity contribution in [1.29, 1.82) is 0 Å². The largest absolute Gasteiger partial charge is 0.485 e. The molecule has 0 N–H and O–H groups in total. The molecule has 94 valence electrons. The van der Waals surface area contributed by atoms with E-state index in [-0.39, 0.29) is 5.78 Å². The van der Waals surface area contributed by atoms with Gasteiger partial charge >= 0.3 is 0 Å². The van der Waals surface area contributed by atoms with Crippen molar-refractivity contribution in [3.63, 3.8) is 0 Å². The Bertz CT molecular complexity index is 573. The maximum Gasteiger partial charge on any atom is 0.163 e. The second-order valence-corrected chi connectivity index (χ2v) is 4.30. The molecule has 0 radical (unpaired) electrons. The smallest absolute Gasteiger partial charge is 0.163 e. The molecule has 0 aliphatic rings. The molecule has 0 atom stereocenters. The van der Waals surface area contributed by atoms with Crippen LogP contribution in [0.2, 0.25) is 0 Å². The summed E-state index contributed by atoms with van der Waals surface area (Å²) < 4.78 is 7.56. The summed E-state index contributed by atoms with van der Waals surface area (Å²) in [6.07, 6.45) is 3.58. The number of carbonyl (C=O) groups is 1. The van der Waals surface area contributed by atoms with Crippen LogP contribution in [0.15, 0.2) is 30.6 Å². The molecule has 18 heavy (non-hydrogen) atoms. The van der Waals surface area contributed by atoms with Crippen molar-refractivity contribution in [2.24, 2.45) is 7.05 Å². The molecular formula is C14H16N2O2. The van der Waals surface area contributed by atoms with Crippen LogP contribution >= 0.6 is 0 Å². The monoisotopic (exact) mass is 244 g/mol. The minimum atomic E-state index is 0.00791. The highest BCUT2D eigenvalue weighted by atomic mass is 16.5. The molecule has 0 bridgehead atoms. The van der Waals surface area contributed by atoms with Gasteiger partial charge in [0, 0.05) is 19.4 Å². The van der Waals surface area contributed by atoms with Gasteiger partial charge in [0.05, 0.1) is 5.56 Å². The zero-order chi connectivity index (χ0) is 13.1. The van der Waals surface area contributed by atoms with Crippen molar-refractivity contribution < 1.29 is 9.53 Å². The fraction of sp³-hybridized carbons (Fsp3) is 0.286. The van der Waals surface area contributed by atoms with E-state index in [0.717, 1.165) is 11.4 Å². The fourth-order valence-corrected chi connectivity index (χ4v) is 1.72. The van der Waals surface area contributed by atoms with E-state index in [1.165, 1.54) is 0 Å². The Hall–Kier alpha value is -2.10. The lowest BCUT2D eigenvalue weighted by atomic mass is 10.1. The highest BCUT2D eigenvalue weighted by Gasteiger charge is 2.09. The zero-order valence-electron chi connectivity index (χ0n) is 10.8. The van der Waals surface area contributed by atoms with Crippen LogP contribution in [0.1, 0.15) is 28.7 Å². The van der Waals surface area contributed by atoms with Gasteiger partial charge in [-0.1, -0.05) is 11.6 Å². The Balaban J connectivity index is 2.19. The first-order chi connectivity index (χ1) is 8.58. The van der Waals surface area contributed by atoms with E-state index in [1.54, 1.807) is 13.1 Å². The highest BCUT2D eigenvalue weighted by molar-refractivity contribution is 5.97. The molecule has 2 aromatic rings.